The first-order chi connectivity index (χ1) is 13.7. The molecule has 0 aliphatic rings. The van der Waals surface area contributed by atoms with Crippen molar-refractivity contribution in [2.24, 2.45) is 0 Å². The Morgan fingerprint density at radius 2 is 1.68 bits per heavy atom. The minimum Gasteiger partial charge on any atom is -0.497 e. The predicted molar refractivity (Wildman–Crippen MR) is 100 cm³/mol. The van der Waals surface area contributed by atoms with Gasteiger partial charge in [-0.1, -0.05) is 29.4 Å². The third-order valence-electron chi connectivity index (χ3n) is 4.22. The Labute approximate surface area is 161 Å². The highest BCUT2D eigenvalue weighted by atomic mass is 16.5. The summed E-state index contributed by atoms with van der Waals surface area (Å²) in [4.78, 5) is 4.43. The lowest BCUT2D eigenvalue weighted by molar-refractivity contribution is 0.373. The highest BCUT2D eigenvalue weighted by Crippen LogP contribution is 2.29. The average Bonchev–Trinajstić information content (AvgIpc) is 3.38. The zero-order valence-electron chi connectivity index (χ0n) is 15.7. The molecule has 28 heavy (non-hydrogen) atoms. The molecule has 0 N–H and O–H groups in total. The molecule has 8 heteroatoms. The minimum absolute atomic E-state index is 0.243. The molecule has 0 saturated heterocycles. The summed E-state index contributed by atoms with van der Waals surface area (Å²) in [6.07, 6.45) is 0.243. The van der Waals surface area contributed by atoms with Crippen LogP contribution < -0.4 is 9.47 Å². The summed E-state index contributed by atoms with van der Waals surface area (Å²) in [5, 5.41) is 12.2. The lowest BCUT2D eigenvalue weighted by Gasteiger charge is -2.05. The van der Waals surface area contributed by atoms with Gasteiger partial charge in [-0.25, -0.2) is 0 Å². The van der Waals surface area contributed by atoms with E-state index in [1.807, 2.05) is 31.2 Å². The highest BCUT2D eigenvalue weighted by Gasteiger charge is 2.16. The van der Waals surface area contributed by atoms with E-state index in [1.165, 1.54) is 0 Å². The van der Waals surface area contributed by atoms with E-state index in [0.717, 1.165) is 11.1 Å². The van der Waals surface area contributed by atoms with Gasteiger partial charge in [-0.15, -0.1) is 10.2 Å². The smallest absolute Gasteiger partial charge is 0.248 e. The molecule has 4 rings (SSSR count). The summed E-state index contributed by atoms with van der Waals surface area (Å²) in [6.45, 7) is 2.00. The van der Waals surface area contributed by atoms with Crippen molar-refractivity contribution in [1.29, 1.82) is 0 Å². The van der Waals surface area contributed by atoms with Crippen LogP contribution in [0.25, 0.3) is 22.8 Å². The highest BCUT2D eigenvalue weighted by molar-refractivity contribution is 5.60. The predicted octanol–water partition coefficient (Wildman–Crippen LogP) is 3.70. The van der Waals surface area contributed by atoms with Gasteiger partial charge < -0.3 is 18.4 Å². The van der Waals surface area contributed by atoms with E-state index in [2.05, 4.69) is 20.3 Å². The fourth-order valence-electron chi connectivity index (χ4n) is 2.76. The van der Waals surface area contributed by atoms with Gasteiger partial charge in [0.2, 0.25) is 23.5 Å². The van der Waals surface area contributed by atoms with E-state index in [4.69, 9.17) is 18.4 Å². The van der Waals surface area contributed by atoms with Crippen molar-refractivity contribution in [3.05, 3.63) is 59.8 Å². The maximum Gasteiger partial charge on any atom is 0.248 e. The Morgan fingerprint density at radius 3 is 2.39 bits per heavy atom. The second-order valence-electron chi connectivity index (χ2n) is 6.11. The van der Waals surface area contributed by atoms with Crippen molar-refractivity contribution in [2.75, 3.05) is 14.2 Å². The van der Waals surface area contributed by atoms with Crippen molar-refractivity contribution < 1.29 is 18.4 Å². The van der Waals surface area contributed by atoms with Crippen molar-refractivity contribution in [1.82, 2.24) is 20.3 Å². The van der Waals surface area contributed by atoms with E-state index in [9.17, 15) is 0 Å². The maximum atomic E-state index is 5.75. The van der Waals surface area contributed by atoms with Crippen LogP contribution >= 0.6 is 0 Å². The van der Waals surface area contributed by atoms with Crippen molar-refractivity contribution in [3.8, 4) is 34.3 Å². The Morgan fingerprint density at radius 1 is 0.929 bits per heavy atom. The zero-order chi connectivity index (χ0) is 19.5. The molecule has 0 atom stereocenters. The monoisotopic (exact) mass is 378 g/mol. The molecule has 0 bridgehead atoms. The van der Waals surface area contributed by atoms with Crippen LogP contribution in [-0.2, 0) is 6.42 Å². The normalized spacial score (nSPS) is 10.8. The average molecular weight is 378 g/mol. The molecular formula is C20H18N4O4. The molecule has 8 nitrogen and oxygen atoms in total. The van der Waals surface area contributed by atoms with Gasteiger partial charge in [0.15, 0.2) is 0 Å². The lowest BCUT2D eigenvalue weighted by Crippen LogP contribution is -1.89. The van der Waals surface area contributed by atoms with E-state index in [-0.39, 0.29) is 6.42 Å². The third-order valence-corrected chi connectivity index (χ3v) is 4.22. The summed E-state index contributed by atoms with van der Waals surface area (Å²) in [7, 11) is 3.17. The first-order valence-electron chi connectivity index (χ1n) is 8.60. The quantitative estimate of drug-likeness (QED) is 0.501. The van der Waals surface area contributed by atoms with Gasteiger partial charge in [-0.3, -0.25) is 0 Å². The molecule has 0 saturated carbocycles. The molecule has 0 unspecified atom stereocenters. The molecule has 0 aliphatic heterocycles. The molecule has 0 amide bonds. The number of rotatable bonds is 6. The Bertz CT molecular complexity index is 1080. The first kappa shape index (κ1) is 17.7. The Balaban J connectivity index is 1.56. The molecule has 0 fully saturated rings. The van der Waals surface area contributed by atoms with Gasteiger partial charge in [-0.2, -0.15) is 4.98 Å². The van der Waals surface area contributed by atoms with Gasteiger partial charge in [0.05, 0.1) is 14.2 Å². The van der Waals surface area contributed by atoms with Gasteiger partial charge in [0, 0.05) is 17.2 Å². The molecular weight excluding hydrogens is 360 g/mol. The fourth-order valence-corrected chi connectivity index (χ4v) is 2.76. The van der Waals surface area contributed by atoms with Crippen LogP contribution in [0.3, 0.4) is 0 Å². The zero-order valence-corrected chi connectivity index (χ0v) is 15.7. The van der Waals surface area contributed by atoms with Gasteiger partial charge in [0.25, 0.3) is 0 Å². The van der Waals surface area contributed by atoms with Crippen LogP contribution in [0, 0.1) is 6.92 Å². The maximum absolute atomic E-state index is 5.75. The van der Waals surface area contributed by atoms with Crippen LogP contribution in [0.5, 0.6) is 11.5 Å². The molecule has 4 aromatic rings. The van der Waals surface area contributed by atoms with E-state index >= 15 is 0 Å². The van der Waals surface area contributed by atoms with Crippen LogP contribution in [0.15, 0.2) is 51.4 Å². The molecule has 0 spiro atoms. The Hall–Kier alpha value is -3.68. The number of nitrogens with zero attached hydrogens (tertiary/aromatic N) is 4. The number of aryl methyl sites for hydroxylation is 1. The number of aromatic nitrogens is 4. The second-order valence-corrected chi connectivity index (χ2v) is 6.11. The van der Waals surface area contributed by atoms with Gasteiger partial charge >= 0.3 is 0 Å². The first-order valence-corrected chi connectivity index (χ1v) is 8.60. The van der Waals surface area contributed by atoms with E-state index in [1.54, 1.807) is 32.4 Å². The van der Waals surface area contributed by atoms with E-state index < -0.39 is 0 Å². The summed E-state index contributed by atoms with van der Waals surface area (Å²) in [6, 6.07) is 13.2. The fraction of sp³-hybridized carbons (Fsp3) is 0.200. The standard InChI is InChI=1S/C20H18N4O4/c1-12-6-4-5-7-16(12)19-21-17(28-24-19)11-18-22-23-20(27-18)13-8-14(25-2)10-15(9-13)26-3/h4-10H,11H2,1-3H3. The molecule has 2 heterocycles. The second kappa shape index (κ2) is 7.51. The topological polar surface area (TPSA) is 96.3 Å². The van der Waals surface area contributed by atoms with Crippen LogP contribution in [0.4, 0.5) is 0 Å². The number of methoxy groups -OCH3 is 2. The lowest BCUT2D eigenvalue weighted by atomic mass is 10.1. The molecule has 0 aliphatic carbocycles. The molecule has 142 valence electrons. The third kappa shape index (κ3) is 3.57. The summed E-state index contributed by atoms with van der Waals surface area (Å²) >= 11 is 0. The minimum atomic E-state index is 0.243. The van der Waals surface area contributed by atoms with Crippen LogP contribution in [-0.4, -0.2) is 34.6 Å². The summed E-state index contributed by atoms with van der Waals surface area (Å²) in [5.41, 5.74) is 2.69. The van der Waals surface area contributed by atoms with E-state index in [0.29, 0.717) is 40.6 Å². The Kier molecular flexibility index (Phi) is 4.76. The van der Waals surface area contributed by atoms with Gasteiger partial charge in [0.1, 0.15) is 17.9 Å². The number of ether oxygens (including phenoxy) is 2. The van der Waals surface area contributed by atoms with Gasteiger partial charge in [-0.05, 0) is 24.6 Å². The summed E-state index contributed by atoms with van der Waals surface area (Å²) in [5.74, 6) is 2.92. The van der Waals surface area contributed by atoms with Crippen molar-refractivity contribution in [3.63, 3.8) is 0 Å². The largest absolute Gasteiger partial charge is 0.497 e. The van der Waals surface area contributed by atoms with Crippen LogP contribution in [0.1, 0.15) is 17.3 Å². The number of hydrogen-bond acceptors (Lipinski definition) is 8. The SMILES string of the molecule is COc1cc(OC)cc(-c2nnc(Cc3nc(-c4ccccc4C)no3)o2)c1. The van der Waals surface area contributed by atoms with Crippen molar-refractivity contribution >= 4 is 0 Å². The number of hydrogen-bond donors (Lipinski definition) is 0. The van der Waals surface area contributed by atoms with Crippen molar-refractivity contribution in [2.45, 2.75) is 13.3 Å². The molecule has 2 aromatic carbocycles. The molecule has 0 radical (unpaired) electrons. The summed E-state index contributed by atoms with van der Waals surface area (Å²) < 4.78 is 21.6. The molecule has 2 aromatic heterocycles. The van der Waals surface area contributed by atoms with Crippen LogP contribution in [0.2, 0.25) is 0 Å². The number of benzene rings is 2.